The van der Waals surface area contributed by atoms with Gasteiger partial charge in [-0.15, -0.1) is 0 Å². The third-order valence-corrected chi connectivity index (χ3v) is 2.63. The molecule has 0 aliphatic carbocycles. The topological polar surface area (TPSA) is 75.6 Å². The van der Waals surface area contributed by atoms with Gasteiger partial charge in [0.1, 0.15) is 11.8 Å². The lowest BCUT2D eigenvalue weighted by molar-refractivity contribution is -0.143. The van der Waals surface area contributed by atoms with Crippen LogP contribution in [0.1, 0.15) is 30.6 Å². The maximum atomic E-state index is 12.0. The Hall–Kier alpha value is -2.04. The second-order valence-corrected chi connectivity index (χ2v) is 4.73. The van der Waals surface area contributed by atoms with E-state index >= 15 is 0 Å². The van der Waals surface area contributed by atoms with E-state index in [0.717, 1.165) is 0 Å². The summed E-state index contributed by atoms with van der Waals surface area (Å²) >= 11 is 0. The van der Waals surface area contributed by atoms with Gasteiger partial charge in [-0.05, 0) is 36.6 Å². The number of carbonyl (C=O) groups is 2. The molecule has 1 unspecified atom stereocenters. The maximum Gasteiger partial charge on any atom is 0.328 e. The average Bonchev–Trinajstić information content (AvgIpc) is 2.37. The Morgan fingerprint density at radius 3 is 2.32 bits per heavy atom. The number of phenolic OH excluding ortho intramolecular Hbond substituents is 1. The molecule has 0 aromatic heterocycles. The molecular weight excluding hydrogens is 246 g/mol. The Kier molecular flexibility index (Phi) is 5.36. The van der Waals surface area contributed by atoms with E-state index in [2.05, 4.69) is 10.1 Å². The van der Waals surface area contributed by atoms with Gasteiger partial charge < -0.3 is 15.2 Å². The number of amides is 1. The molecule has 0 aliphatic heterocycles. The molecule has 0 spiro atoms. The van der Waals surface area contributed by atoms with Crippen molar-refractivity contribution >= 4 is 11.9 Å². The highest BCUT2D eigenvalue weighted by Gasteiger charge is 2.23. The SMILES string of the molecule is COC(=O)C(CC(C)C)NC(=O)c1ccc(O)cc1. The highest BCUT2D eigenvalue weighted by atomic mass is 16.5. The maximum absolute atomic E-state index is 12.0. The molecule has 2 N–H and O–H groups in total. The number of benzene rings is 1. The molecule has 1 atom stereocenters. The van der Waals surface area contributed by atoms with E-state index in [9.17, 15) is 9.59 Å². The zero-order valence-electron chi connectivity index (χ0n) is 11.3. The Morgan fingerprint density at radius 1 is 1.26 bits per heavy atom. The summed E-state index contributed by atoms with van der Waals surface area (Å²) in [5.41, 5.74) is 0.385. The molecule has 1 aromatic rings. The van der Waals surface area contributed by atoms with Crippen LogP contribution in [0.4, 0.5) is 0 Å². The molecule has 5 heteroatoms. The minimum Gasteiger partial charge on any atom is -0.508 e. The van der Waals surface area contributed by atoms with Gasteiger partial charge in [0.05, 0.1) is 7.11 Å². The molecule has 104 valence electrons. The molecule has 0 bridgehead atoms. The number of carbonyl (C=O) groups excluding carboxylic acids is 2. The highest BCUT2D eigenvalue weighted by Crippen LogP contribution is 2.11. The van der Waals surface area contributed by atoms with Gasteiger partial charge >= 0.3 is 5.97 Å². The zero-order chi connectivity index (χ0) is 14.4. The number of methoxy groups -OCH3 is 1. The quantitative estimate of drug-likeness (QED) is 0.795. The van der Waals surface area contributed by atoms with Crippen molar-refractivity contribution in [2.24, 2.45) is 5.92 Å². The summed E-state index contributed by atoms with van der Waals surface area (Å²) in [4.78, 5) is 23.6. The number of hydrogen-bond acceptors (Lipinski definition) is 4. The average molecular weight is 265 g/mol. The fraction of sp³-hybridized carbons (Fsp3) is 0.429. The van der Waals surface area contributed by atoms with Crippen molar-refractivity contribution in [1.82, 2.24) is 5.32 Å². The van der Waals surface area contributed by atoms with Crippen LogP contribution in [0.25, 0.3) is 0 Å². The van der Waals surface area contributed by atoms with Gasteiger partial charge in [0, 0.05) is 5.56 Å². The first-order valence-corrected chi connectivity index (χ1v) is 6.11. The van der Waals surface area contributed by atoms with Crippen LogP contribution >= 0.6 is 0 Å². The summed E-state index contributed by atoms with van der Waals surface area (Å²) in [5.74, 6) is -0.482. The zero-order valence-corrected chi connectivity index (χ0v) is 11.3. The molecule has 1 aromatic carbocycles. The monoisotopic (exact) mass is 265 g/mol. The first kappa shape index (κ1) is 15.0. The normalized spacial score (nSPS) is 12.0. The van der Waals surface area contributed by atoms with Crippen molar-refractivity contribution in [2.45, 2.75) is 26.3 Å². The molecule has 0 radical (unpaired) electrons. The molecule has 19 heavy (non-hydrogen) atoms. The van der Waals surface area contributed by atoms with Gasteiger partial charge in [-0.25, -0.2) is 4.79 Å². The largest absolute Gasteiger partial charge is 0.508 e. The van der Waals surface area contributed by atoms with Crippen LogP contribution < -0.4 is 5.32 Å². The van der Waals surface area contributed by atoms with E-state index in [-0.39, 0.29) is 17.6 Å². The molecule has 0 aliphatic rings. The van der Waals surface area contributed by atoms with Gasteiger partial charge in [-0.1, -0.05) is 13.8 Å². The lowest BCUT2D eigenvalue weighted by atomic mass is 10.0. The molecule has 0 heterocycles. The van der Waals surface area contributed by atoms with Crippen molar-refractivity contribution in [3.8, 4) is 5.75 Å². The summed E-state index contributed by atoms with van der Waals surface area (Å²) in [5, 5.41) is 11.8. The summed E-state index contributed by atoms with van der Waals surface area (Å²) in [6.45, 7) is 3.92. The second kappa shape index (κ2) is 6.78. The molecule has 1 rings (SSSR count). The van der Waals surface area contributed by atoms with E-state index in [1.54, 1.807) is 0 Å². The third kappa shape index (κ3) is 4.62. The molecule has 0 saturated carbocycles. The highest BCUT2D eigenvalue weighted by molar-refractivity contribution is 5.96. The summed E-state index contributed by atoms with van der Waals surface area (Å²) in [6.07, 6.45) is 0.510. The second-order valence-electron chi connectivity index (χ2n) is 4.73. The molecule has 5 nitrogen and oxygen atoms in total. The predicted octanol–water partition coefficient (Wildman–Crippen LogP) is 1.71. The molecule has 0 saturated heterocycles. The van der Waals surface area contributed by atoms with Gasteiger partial charge in [0.15, 0.2) is 0 Å². The number of ether oxygens (including phenoxy) is 1. The first-order chi connectivity index (χ1) is 8.93. The number of phenols is 1. The smallest absolute Gasteiger partial charge is 0.328 e. The number of hydrogen-bond donors (Lipinski definition) is 2. The fourth-order valence-corrected chi connectivity index (χ4v) is 1.68. The van der Waals surface area contributed by atoms with E-state index < -0.39 is 12.0 Å². The van der Waals surface area contributed by atoms with Gasteiger partial charge in [0.2, 0.25) is 0 Å². The number of nitrogens with one attached hydrogen (secondary N) is 1. The van der Waals surface area contributed by atoms with E-state index in [1.807, 2.05) is 13.8 Å². The van der Waals surface area contributed by atoms with Crippen LogP contribution in [0.5, 0.6) is 5.75 Å². The summed E-state index contributed by atoms with van der Waals surface area (Å²) in [6, 6.07) is 5.17. The Labute approximate surface area is 112 Å². The Balaban J connectivity index is 2.75. The van der Waals surface area contributed by atoms with Gasteiger partial charge in [0.25, 0.3) is 5.91 Å². The summed E-state index contributed by atoms with van der Waals surface area (Å²) in [7, 11) is 1.29. The van der Waals surface area contributed by atoms with Crippen molar-refractivity contribution in [3.05, 3.63) is 29.8 Å². The van der Waals surface area contributed by atoms with Crippen LogP contribution in [0.2, 0.25) is 0 Å². The summed E-state index contributed by atoms with van der Waals surface area (Å²) < 4.78 is 4.68. The third-order valence-electron chi connectivity index (χ3n) is 2.63. The van der Waals surface area contributed by atoms with Crippen LogP contribution in [0, 0.1) is 5.92 Å². The van der Waals surface area contributed by atoms with Crippen molar-refractivity contribution in [3.63, 3.8) is 0 Å². The van der Waals surface area contributed by atoms with Gasteiger partial charge in [-0.2, -0.15) is 0 Å². The predicted molar refractivity (Wildman–Crippen MR) is 70.8 cm³/mol. The van der Waals surface area contributed by atoms with Crippen LogP contribution in [0.3, 0.4) is 0 Å². The molecule has 0 fully saturated rings. The Morgan fingerprint density at radius 2 is 1.84 bits per heavy atom. The van der Waals surface area contributed by atoms with Gasteiger partial charge in [-0.3, -0.25) is 4.79 Å². The van der Waals surface area contributed by atoms with Crippen LogP contribution in [-0.2, 0) is 9.53 Å². The van der Waals surface area contributed by atoms with Crippen LogP contribution in [-0.4, -0.2) is 30.1 Å². The van der Waals surface area contributed by atoms with Crippen molar-refractivity contribution in [2.75, 3.05) is 7.11 Å². The van der Waals surface area contributed by atoms with E-state index in [0.29, 0.717) is 12.0 Å². The number of esters is 1. The lowest BCUT2D eigenvalue weighted by Crippen LogP contribution is -2.42. The molecular formula is C14H19NO4. The minimum atomic E-state index is -0.661. The molecule has 1 amide bonds. The Bertz CT molecular complexity index is 439. The number of aromatic hydroxyl groups is 1. The van der Waals surface area contributed by atoms with Crippen molar-refractivity contribution < 1.29 is 19.4 Å². The fourth-order valence-electron chi connectivity index (χ4n) is 1.68. The first-order valence-electron chi connectivity index (χ1n) is 6.11. The number of rotatable bonds is 5. The van der Waals surface area contributed by atoms with E-state index in [1.165, 1.54) is 31.4 Å². The van der Waals surface area contributed by atoms with Crippen LogP contribution in [0.15, 0.2) is 24.3 Å². The van der Waals surface area contributed by atoms with Crippen molar-refractivity contribution in [1.29, 1.82) is 0 Å². The lowest BCUT2D eigenvalue weighted by Gasteiger charge is -2.18. The standard InChI is InChI=1S/C14H19NO4/c1-9(2)8-12(14(18)19-3)15-13(17)10-4-6-11(16)7-5-10/h4-7,9,12,16H,8H2,1-3H3,(H,15,17). The minimum absolute atomic E-state index is 0.0863. The van der Waals surface area contributed by atoms with E-state index in [4.69, 9.17) is 5.11 Å².